The molecule has 0 spiro atoms. The van der Waals surface area contributed by atoms with Crippen molar-refractivity contribution in [3.05, 3.63) is 48.3 Å². The van der Waals surface area contributed by atoms with E-state index in [1.807, 2.05) is 0 Å². The van der Waals surface area contributed by atoms with Gasteiger partial charge < -0.3 is 23.8 Å². The van der Waals surface area contributed by atoms with Gasteiger partial charge in [0.1, 0.15) is 29.5 Å². The molecule has 7 nitrogen and oxygen atoms in total. The summed E-state index contributed by atoms with van der Waals surface area (Å²) in [7, 11) is 0. The third-order valence-electron chi connectivity index (χ3n) is 5.50. The number of pyridine rings is 1. The molecule has 33 heavy (non-hydrogen) atoms. The van der Waals surface area contributed by atoms with Crippen LogP contribution in [-0.2, 0) is 4.74 Å². The Morgan fingerprint density at radius 2 is 1.61 bits per heavy atom. The van der Waals surface area contributed by atoms with Gasteiger partial charge in [0.05, 0.1) is 25.0 Å². The van der Waals surface area contributed by atoms with Crippen molar-refractivity contribution >= 4 is 5.91 Å². The molecule has 1 aromatic heterocycles. The second-order valence-electron chi connectivity index (χ2n) is 7.97. The number of rotatable bonds is 6. The molecule has 3 heterocycles. The molecule has 1 aromatic carbocycles. The number of ether oxygens (including phenoxy) is 4. The third-order valence-corrected chi connectivity index (χ3v) is 5.50. The Labute approximate surface area is 189 Å². The van der Waals surface area contributed by atoms with E-state index >= 15 is 0 Å². The summed E-state index contributed by atoms with van der Waals surface area (Å²) in [6, 6.07) is 7.16. The van der Waals surface area contributed by atoms with Gasteiger partial charge in [-0.15, -0.1) is 13.2 Å². The summed E-state index contributed by atoms with van der Waals surface area (Å²) in [5.74, 6) is 0.387. The maximum Gasteiger partial charge on any atom is 0.573 e. The molecule has 0 saturated carbocycles. The first-order valence-electron chi connectivity index (χ1n) is 10.9. The van der Waals surface area contributed by atoms with Crippen LogP contribution in [0.3, 0.4) is 0 Å². The molecule has 0 bridgehead atoms. The molecule has 10 heteroatoms. The van der Waals surface area contributed by atoms with Crippen molar-refractivity contribution in [2.75, 3.05) is 26.3 Å². The van der Waals surface area contributed by atoms with E-state index < -0.39 is 6.36 Å². The lowest BCUT2D eigenvalue weighted by Crippen LogP contribution is -2.41. The zero-order valence-corrected chi connectivity index (χ0v) is 17.9. The second-order valence-corrected chi connectivity index (χ2v) is 7.97. The highest BCUT2D eigenvalue weighted by molar-refractivity contribution is 5.94. The fourth-order valence-electron chi connectivity index (χ4n) is 3.88. The van der Waals surface area contributed by atoms with Crippen LogP contribution in [-0.4, -0.2) is 60.7 Å². The molecule has 0 atom stereocenters. The fourth-order valence-corrected chi connectivity index (χ4v) is 3.88. The van der Waals surface area contributed by atoms with Crippen LogP contribution in [0.5, 0.6) is 17.2 Å². The van der Waals surface area contributed by atoms with E-state index in [1.165, 1.54) is 24.4 Å². The van der Waals surface area contributed by atoms with E-state index in [0.29, 0.717) is 56.2 Å². The number of hydrogen-bond acceptors (Lipinski definition) is 6. The first-order valence-corrected chi connectivity index (χ1v) is 10.9. The van der Waals surface area contributed by atoms with Gasteiger partial charge in [-0.05, 0) is 18.2 Å². The predicted octanol–water partition coefficient (Wildman–Crippen LogP) is 4.22. The average Bonchev–Trinajstić information content (AvgIpc) is 2.79. The Morgan fingerprint density at radius 3 is 2.33 bits per heavy atom. The normalized spacial score (nSPS) is 18.1. The zero-order chi connectivity index (χ0) is 23.3. The topological polar surface area (TPSA) is 70.1 Å². The van der Waals surface area contributed by atoms with Crippen LogP contribution in [0.4, 0.5) is 13.2 Å². The molecular weight excluding hydrogens is 441 g/mol. The molecule has 2 saturated heterocycles. The standard InChI is InChI=1S/C23H25F3N2O5/c24-23(25,26)33-20-3-1-2-19(13-20)31-17-4-8-28(9-5-17)22(29)16-12-21(15-27-14-16)32-18-6-10-30-11-7-18/h1-3,12-15,17-18H,4-11H2. The van der Waals surface area contributed by atoms with Crippen LogP contribution in [0.15, 0.2) is 42.7 Å². The zero-order valence-electron chi connectivity index (χ0n) is 17.9. The maximum atomic E-state index is 12.9. The van der Waals surface area contributed by atoms with Gasteiger partial charge in [-0.25, -0.2) is 0 Å². The molecule has 0 unspecified atom stereocenters. The molecule has 178 valence electrons. The molecule has 0 radical (unpaired) electrons. The predicted molar refractivity (Wildman–Crippen MR) is 111 cm³/mol. The molecule has 4 rings (SSSR count). The Bertz CT molecular complexity index is 942. The van der Waals surface area contributed by atoms with Gasteiger partial charge >= 0.3 is 6.36 Å². The number of nitrogens with zero attached hydrogens (tertiary/aromatic N) is 2. The maximum absolute atomic E-state index is 12.9. The van der Waals surface area contributed by atoms with Crippen LogP contribution in [0.2, 0.25) is 0 Å². The summed E-state index contributed by atoms with van der Waals surface area (Å²) < 4.78 is 58.3. The summed E-state index contributed by atoms with van der Waals surface area (Å²) in [5.41, 5.74) is 0.455. The van der Waals surface area contributed by atoms with Gasteiger partial charge in [0.2, 0.25) is 0 Å². The number of carbonyl (C=O) groups is 1. The number of benzene rings is 1. The Balaban J connectivity index is 1.29. The van der Waals surface area contributed by atoms with E-state index in [-0.39, 0.29) is 23.9 Å². The SMILES string of the molecule is O=C(c1cncc(OC2CCOCC2)c1)N1CCC(Oc2cccc(OC(F)(F)F)c2)CC1. The summed E-state index contributed by atoms with van der Waals surface area (Å²) in [6.07, 6.45) is 0.927. The number of likely N-dealkylation sites (tertiary alicyclic amines) is 1. The Hall–Kier alpha value is -3.01. The van der Waals surface area contributed by atoms with Crippen LogP contribution in [0.25, 0.3) is 0 Å². The number of amides is 1. The first kappa shape index (κ1) is 23.2. The van der Waals surface area contributed by atoms with Crippen molar-refractivity contribution < 1.29 is 36.9 Å². The summed E-state index contributed by atoms with van der Waals surface area (Å²) in [4.78, 5) is 18.8. The largest absolute Gasteiger partial charge is 0.573 e. The van der Waals surface area contributed by atoms with Crippen molar-refractivity contribution in [1.82, 2.24) is 9.88 Å². The lowest BCUT2D eigenvalue weighted by Gasteiger charge is -2.32. The quantitative estimate of drug-likeness (QED) is 0.635. The van der Waals surface area contributed by atoms with Crippen molar-refractivity contribution in [2.24, 2.45) is 0 Å². The second kappa shape index (κ2) is 10.3. The van der Waals surface area contributed by atoms with Crippen LogP contribution >= 0.6 is 0 Å². The Kier molecular flexibility index (Phi) is 7.22. The summed E-state index contributed by atoms with van der Waals surface area (Å²) in [6.45, 7) is 2.25. The Morgan fingerprint density at radius 1 is 0.939 bits per heavy atom. The van der Waals surface area contributed by atoms with Crippen molar-refractivity contribution in [3.8, 4) is 17.2 Å². The number of alkyl halides is 3. The molecule has 2 aromatic rings. The van der Waals surface area contributed by atoms with Crippen molar-refractivity contribution in [1.29, 1.82) is 0 Å². The molecule has 2 fully saturated rings. The molecule has 0 N–H and O–H groups in total. The number of halogens is 3. The van der Waals surface area contributed by atoms with Gasteiger partial charge in [0.15, 0.2) is 0 Å². The highest BCUT2D eigenvalue weighted by Gasteiger charge is 2.31. The minimum atomic E-state index is -4.76. The van der Waals surface area contributed by atoms with Crippen LogP contribution in [0, 0.1) is 0 Å². The van der Waals surface area contributed by atoms with E-state index in [4.69, 9.17) is 14.2 Å². The van der Waals surface area contributed by atoms with E-state index in [2.05, 4.69) is 9.72 Å². The first-order chi connectivity index (χ1) is 15.9. The summed E-state index contributed by atoms with van der Waals surface area (Å²) in [5, 5.41) is 0. The van der Waals surface area contributed by atoms with Crippen molar-refractivity contribution in [2.45, 2.75) is 44.3 Å². The molecule has 2 aliphatic rings. The lowest BCUT2D eigenvalue weighted by atomic mass is 10.1. The number of aromatic nitrogens is 1. The van der Waals surface area contributed by atoms with Crippen LogP contribution in [0.1, 0.15) is 36.0 Å². The van der Waals surface area contributed by atoms with Gasteiger partial charge in [0, 0.05) is 51.0 Å². The minimum absolute atomic E-state index is 0.0545. The van der Waals surface area contributed by atoms with Gasteiger partial charge in [-0.3, -0.25) is 9.78 Å². The fraction of sp³-hybridized carbons (Fsp3) is 0.478. The molecule has 2 aliphatic heterocycles. The number of carbonyl (C=O) groups excluding carboxylic acids is 1. The molecule has 1 amide bonds. The summed E-state index contributed by atoms with van der Waals surface area (Å²) >= 11 is 0. The third kappa shape index (κ3) is 6.74. The monoisotopic (exact) mass is 466 g/mol. The number of hydrogen-bond donors (Lipinski definition) is 0. The van der Waals surface area contributed by atoms with E-state index in [0.717, 1.165) is 12.8 Å². The molecule has 0 aliphatic carbocycles. The molecular formula is C23H25F3N2O5. The van der Waals surface area contributed by atoms with Gasteiger partial charge in [-0.2, -0.15) is 0 Å². The smallest absolute Gasteiger partial charge is 0.490 e. The highest BCUT2D eigenvalue weighted by atomic mass is 19.4. The van der Waals surface area contributed by atoms with Crippen molar-refractivity contribution in [3.63, 3.8) is 0 Å². The number of piperidine rings is 1. The van der Waals surface area contributed by atoms with Crippen LogP contribution < -0.4 is 14.2 Å². The minimum Gasteiger partial charge on any atom is -0.490 e. The van der Waals surface area contributed by atoms with Gasteiger partial charge in [-0.1, -0.05) is 6.07 Å². The van der Waals surface area contributed by atoms with E-state index in [9.17, 15) is 18.0 Å². The lowest BCUT2D eigenvalue weighted by molar-refractivity contribution is -0.274. The van der Waals surface area contributed by atoms with Gasteiger partial charge in [0.25, 0.3) is 5.91 Å². The average molecular weight is 466 g/mol. The highest BCUT2D eigenvalue weighted by Crippen LogP contribution is 2.28. The van der Waals surface area contributed by atoms with E-state index in [1.54, 1.807) is 23.2 Å².